The molecule has 2 N–H and O–H groups in total. The number of hydrogen-bond acceptors (Lipinski definition) is 4. The zero-order valence-electron chi connectivity index (χ0n) is 13.8. The SMILES string of the molecule is CC(NCC1(N2CCOCC2)CC1)C(=O)Nc1cc(Cl)cc(Cl)c1. The number of ether oxygens (including phenoxy) is 1. The Balaban J connectivity index is 1.51. The van der Waals surface area contributed by atoms with Gasteiger partial charge in [0.05, 0.1) is 19.3 Å². The van der Waals surface area contributed by atoms with Crippen LogP contribution >= 0.6 is 23.2 Å². The van der Waals surface area contributed by atoms with Crippen molar-refractivity contribution in [2.24, 2.45) is 0 Å². The normalized spacial score (nSPS) is 21.3. The Morgan fingerprint density at radius 3 is 2.46 bits per heavy atom. The van der Waals surface area contributed by atoms with Gasteiger partial charge < -0.3 is 15.4 Å². The maximum atomic E-state index is 12.4. The van der Waals surface area contributed by atoms with Gasteiger partial charge in [0, 0.05) is 40.9 Å². The molecule has 1 unspecified atom stereocenters. The van der Waals surface area contributed by atoms with E-state index in [0.717, 1.165) is 32.8 Å². The third kappa shape index (κ3) is 4.41. The molecule has 1 amide bonds. The quantitative estimate of drug-likeness (QED) is 0.807. The summed E-state index contributed by atoms with van der Waals surface area (Å²) < 4.78 is 5.42. The van der Waals surface area contributed by atoms with Crippen molar-refractivity contribution >= 4 is 34.8 Å². The van der Waals surface area contributed by atoms with Crippen molar-refractivity contribution in [1.82, 2.24) is 10.2 Å². The highest BCUT2D eigenvalue weighted by Crippen LogP contribution is 2.41. The molecule has 0 bridgehead atoms. The zero-order chi connectivity index (χ0) is 17.2. The second-order valence-corrected chi connectivity index (χ2v) is 7.45. The Labute approximate surface area is 152 Å². The van der Waals surface area contributed by atoms with Crippen LogP contribution in [0.1, 0.15) is 19.8 Å². The number of rotatable bonds is 6. The molecule has 2 aliphatic rings. The molecule has 1 atom stereocenters. The van der Waals surface area contributed by atoms with E-state index < -0.39 is 0 Å². The van der Waals surface area contributed by atoms with E-state index in [9.17, 15) is 4.79 Å². The molecule has 1 saturated carbocycles. The van der Waals surface area contributed by atoms with E-state index >= 15 is 0 Å². The number of amides is 1. The Morgan fingerprint density at radius 2 is 1.88 bits per heavy atom. The summed E-state index contributed by atoms with van der Waals surface area (Å²) in [5.41, 5.74) is 0.818. The van der Waals surface area contributed by atoms with Crippen molar-refractivity contribution in [3.63, 3.8) is 0 Å². The topological polar surface area (TPSA) is 53.6 Å². The summed E-state index contributed by atoms with van der Waals surface area (Å²) in [6, 6.07) is 4.73. The molecule has 1 aromatic rings. The van der Waals surface area contributed by atoms with Crippen LogP contribution in [0.3, 0.4) is 0 Å². The number of anilines is 1. The largest absolute Gasteiger partial charge is 0.379 e. The number of benzene rings is 1. The van der Waals surface area contributed by atoms with Gasteiger partial charge >= 0.3 is 0 Å². The standard InChI is InChI=1S/C17H23Cl2N3O2/c1-12(16(23)21-15-9-13(18)8-14(19)10-15)20-11-17(2-3-17)22-4-6-24-7-5-22/h8-10,12,20H,2-7,11H2,1H3,(H,21,23). The molecule has 0 aromatic heterocycles. The summed E-state index contributed by atoms with van der Waals surface area (Å²) in [5.74, 6) is -0.0916. The van der Waals surface area contributed by atoms with Crippen molar-refractivity contribution < 1.29 is 9.53 Å². The van der Waals surface area contributed by atoms with Gasteiger partial charge in [-0.2, -0.15) is 0 Å². The van der Waals surface area contributed by atoms with Crippen molar-refractivity contribution in [3.8, 4) is 0 Å². The highest BCUT2D eigenvalue weighted by atomic mass is 35.5. The van der Waals surface area contributed by atoms with Gasteiger partial charge in [-0.3, -0.25) is 9.69 Å². The van der Waals surface area contributed by atoms with Gasteiger partial charge in [-0.1, -0.05) is 23.2 Å². The van der Waals surface area contributed by atoms with Gasteiger partial charge in [0.1, 0.15) is 0 Å². The van der Waals surface area contributed by atoms with E-state index in [-0.39, 0.29) is 17.5 Å². The molecule has 132 valence electrons. The lowest BCUT2D eigenvalue weighted by atomic mass is 10.1. The van der Waals surface area contributed by atoms with Crippen molar-refractivity contribution in [2.45, 2.75) is 31.3 Å². The highest BCUT2D eigenvalue weighted by molar-refractivity contribution is 6.35. The Bertz CT molecular complexity index is 581. The molecule has 24 heavy (non-hydrogen) atoms. The number of carbonyl (C=O) groups is 1. The van der Waals surface area contributed by atoms with Gasteiger partial charge in [0.15, 0.2) is 0 Å². The monoisotopic (exact) mass is 371 g/mol. The molecule has 2 fully saturated rings. The number of hydrogen-bond donors (Lipinski definition) is 2. The first-order valence-corrected chi connectivity index (χ1v) is 9.07. The van der Waals surface area contributed by atoms with E-state index in [1.54, 1.807) is 18.2 Å². The summed E-state index contributed by atoms with van der Waals surface area (Å²) in [4.78, 5) is 14.8. The minimum Gasteiger partial charge on any atom is -0.379 e. The fourth-order valence-electron chi connectivity index (χ4n) is 3.10. The van der Waals surface area contributed by atoms with Gasteiger partial charge in [0.2, 0.25) is 5.91 Å². The summed E-state index contributed by atoms with van der Waals surface area (Å²) in [7, 11) is 0. The maximum absolute atomic E-state index is 12.4. The molecular weight excluding hydrogens is 349 g/mol. The number of carbonyl (C=O) groups excluding carboxylic acids is 1. The van der Waals surface area contributed by atoms with Crippen LogP contribution in [0.4, 0.5) is 5.69 Å². The van der Waals surface area contributed by atoms with Crippen molar-refractivity contribution in [3.05, 3.63) is 28.2 Å². The molecule has 1 aliphatic heterocycles. The highest BCUT2D eigenvalue weighted by Gasteiger charge is 2.48. The van der Waals surface area contributed by atoms with Gasteiger partial charge in [0.25, 0.3) is 0 Å². The minimum atomic E-state index is -0.290. The molecule has 1 aliphatic carbocycles. The number of halogens is 2. The van der Waals surface area contributed by atoms with Crippen LogP contribution in [0.5, 0.6) is 0 Å². The minimum absolute atomic E-state index is 0.0916. The smallest absolute Gasteiger partial charge is 0.241 e. The summed E-state index contributed by atoms with van der Waals surface area (Å²) in [5, 5.41) is 7.23. The first-order chi connectivity index (χ1) is 11.5. The second-order valence-electron chi connectivity index (χ2n) is 6.57. The first kappa shape index (κ1) is 18.0. The summed E-state index contributed by atoms with van der Waals surface area (Å²) in [6.07, 6.45) is 2.36. The van der Waals surface area contributed by atoms with Gasteiger partial charge in [-0.05, 0) is 38.0 Å². The van der Waals surface area contributed by atoms with Crippen LogP contribution in [0.2, 0.25) is 10.0 Å². The Kier molecular flexibility index (Phi) is 5.67. The number of morpholine rings is 1. The molecule has 3 rings (SSSR count). The lowest BCUT2D eigenvalue weighted by Gasteiger charge is -2.35. The lowest BCUT2D eigenvalue weighted by molar-refractivity contribution is -0.117. The van der Waals surface area contributed by atoms with Crippen LogP contribution in [0, 0.1) is 0 Å². The molecule has 1 saturated heterocycles. The second kappa shape index (κ2) is 7.58. The third-order valence-electron chi connectivity index (χ3n) is 4.77. The Hall–Kier alpha value is -0.850. The predicted molar refractivity (Wildman–Crippen MR) is 96.9 cm³/mol. The van der Waals surface area contributed by atoms with Gasteiger partial charge in [-0.25, -0.2) is 0 Å². The average Bonchev–Trinajstić information content (AvgIpc) is 3.33. The van der Waals surface area contributed by atoms with E-state index in [1.807, 2.05) is 6.92 Å². The Morgan fingerprint density at radius 1 is 1.25 bits per heavy atom. The molecule has 1 heterocycles. The van der Waals surface area contributed by atoms with Crippen molar-refractivity contribution in [2.75, 3.05) is 38.2 Å². The summed E-state index contributed by atoms with van der Waals surface area (Å²) in [6.45, 7) is 6.24. The fourth-order valence-corrected chi connectivity index (χ4v) is 3.63. The molecule has 0 radical (unpaired) electrons. The number of nitrogens with one attached hydrogen (secondary N) is 2. The van der Waals surface area contributed by atoms with Crippen LogP contribution in [-0.4, -0.2) is 55.2 Å². The average molecular weight is 372 g/mol. The van der Waals surface area contributed by atoms with Crippen LogP contribution in [-0.2, 0) is 9.53 Å². The fraction of sp³-hybridized carbons (Fsp3) is 0.588. The molecule has 5 nitrogen and oxygen atoms in total. The van der Waals surface area contributed by atoms with E-state index in [2.05, 4.69) is 15.5 Å². The molecule has 1 aromatic carbocycles. The first-order valence-electron chi connectivity index (χ1n) is 8.32. The van der Waals surface area contributed by atoms with E-state index in [0.29, 0.717) is 15.7 Å². The number of nitrogens with zero attached hydrogens (tertiary/aromatic N) is 1. The maximum Gasteiger partial charge on any atom is 0.241 e. The summed E-state index contributed by atoms with van der Waals surface area (Å²) >= 11 is 11.9. The van der Waals surface area contributed by atoms with Gasteiger partial charge in [-0.15, -0.1) is 0 Å². The molecule has 0 spiro atoms. The predicted octanol–water partition coefficient (Wildman–Crippen LogP) is 2.77. The molecular formula is C17H23Cl2N3O2. The third-order valence-corrected chi connectivity index (χ3v) is 5.21. The van der Waals surface area contributed by atoms with Crippen LogP contribution < -0.4 is 10.6 Å². The van der Waals surface area contributed by atoms with E-state index in [1.165, 1.54) is 12.8 Å². The zero-order valence-corrected chi connectivity index (χ0v) is 15.3. The molecule has 7 heteroatoms. The van der Waals surface area contributed by atoms with E-state index in [4.69, 9.17) is 27.9 Å². The van der Waals surface area contributed by atoms with Crippen LogP contribution in [0.15, 0.2) is 18.2 Å². The van der Waals surface area contributed by atoms with Crippen LogP contribution in [0.25, 0.3) is 0 Å². The lowest BCUT2D eigenvalue weighted by Crippen LogP contribution is -2.52. The van der Waals surface area contributed by atoms with Crippen molar-refractivity contribution in [1.29, 1.82) is 0 Å².